The topological polar surface area (TPSA) is 63.2 Å². The lowest BCUT2D eigenvalue weighted by molar-refractivity contribution is -0.576. The molecule has 3 unspecified atom stereocenters. The third kappa shape index (κ3) is 2.18. The van der Waals surface area contributed by atoms with Gasteiger partial charge in [-0.1, -0.05) is 13.8 Å². The van der Waals surface area contributed by atoms with Crippen molar-refractivity contribution >= 4 is 5.97 Å². The molecule has 5 aliphatic rings. The normalized spacial score (nSPS) is 55.0. The van der Waals surface area contributed by atoms with Crippen LogP contribution in [0.15, 0.2) is 0 Å². The third-order valence-electron chi connectivity index (χ3n) is 6.38. The molecular formula is C17H26O6. The van der Waals surface area contributed by atoms with Gasteiger partial charge in [0.25, 0.3) is 0 Å². The molecule has 4 aliphatic heterocycles. The lowest BCUT2D eigenvalue weighted by Crippen LogP contribution is -2.70. The van der Waals surface area contributed by atoms with E-state index in [2.05, 4.69) is 13.8 Å². The minimum absolute atomic E-state index is 0.0415. The van der Waals surface area contributed by atoms with Crippen molar-refractivity contribution in [1.82, 2.24) is 0 Å². The van der Waals surface area contributed by atoms with Crippen LogP contribution in [0.2, 0.25) is 0 Å². The van der Waals surface area contributed by atoms with Crippen molar-refractivity contribution in [1.29, 1.82) is 0 Å². The molecule has 1 spiro atoms. The van der Waals surface area contributed by atoms with Crippen LogP contribution in [0.5, 0.6) is 0 Å². The Bertz CT molecular complexity index is 509. The predicted molar refractivity (Wildman–Crippen MR) is 78.6 cm³/mol. The van der Waals surface area contributed by atoms with Crippen molar-refractivity contribution in [3.8, 4) is 0 Å². The summed E-state index contributed by atoms with van der Waals surface area (Å²) in [6.07, 6.45) is 2.78. The van der Waals surface area contributed by atoms with Gasteiger partial charge in [-0.3, -0.25) is 4.79 Å². The number of hydrogen-bond acceptors (Lipinski definition) is 6. The SMILES string of the molecule is CC(=O)OC1O[C@@H]2OC3(C)CC[C@H]4[C@H](C)CCC([C@H]1C)[C@@]24OO3. The molecule has 4 heterocycles. The summed E-state index contributed by atoms with van der Waals surface area (Å²) >= 11 is 0. The van der Waals surface area contributed by atoms with E-state index in [1.165, 1.54) is 6.92 Å². The van der Waals surface area contributed by atoms with E-state index in [0.29, 0.717) is 11.8 Å². The second-order valence-corrected chi connectivity index (χ2v) is 7.88. The molecule has 130 valence electrons. The molecule has 5 rings (SSSR count). The van der Waals surface area contributed by atoms with Crippen LogP contribution in [0.1, 0.15) is 53.4 Å². The highest BCUT2D eigenvalue weighted by atomic mass is 17.3. The molecule has 0 amide bonds. The zero-order valence-corrected chi connectivity index (χ0v) is 14.2. The molecule has 0 aromatic heterocycles. The fourth-order valence-electron chi connectivity index (χ4n) is 5.17. The Balaban J connectivity index is 1.74. The van der Waals surface area contributed by atoms with E-state index in [1.54, 1.807) is 0 Å². The smallest absolute Gasteiger partial charge is 0.304 e. The Hall–Kier alpha value is -0.690. The van der Waals surface area contributed by atoms with Crippen LogP contribution >= 0.6 is 0 Å². The van der Waals surface area contributed by atoms with Gasteiger partial charge in [0.2, 0.25) is 12.1 Å². The van der Waals surface area contributed by atoms with Gasteiger partial charge >= 0.3 is 5.97 Å². The zero-order valence-electron chi connectivity index (χ0n) is 14.2. The fourth-order valence-corrected chi connectivity index (χ4v) is 5.17. The maximum absolute atomic E-state index is 11.4. The summed E-state index contributed by atoms with van der Waals surface area (Å²) in [5.74, 6) is -0.0347. The van der Waals surface area contributed by atoms with Crippen LogP contribution in [0.3, 0.4) is 0 Å². The zero-order chi connectivity index (χ0) is 16.4. The molecule has 0 aromatic carbocycles. The highest BCUT2D eigenvalue weighted by molar-refractivity contribution is 5.66. The number of fused-ring (bicyclic) bond motifs is 2. The van der Waals surface area contributed by atoms with E-state index in [9.17, 15) is 4.79 Å². The van der Waals surface area contributed by atoms with Crippen LogP contribution in [-0.4, -0.2) is 29.9 Å². The van der Waals surface area contributed by atoms with Crippen LogP contribution < -0.4 is 0 Å². The largest absolute Gasteiger partial charge is 0.436 e. The molecular weight excluding hydrogens is 300 g/mol. The summed E-state index contributed by atoms with van der Waals surface area (Å²) in [7, 11) is 0. The first-order valence-corrected chi connectivity index (χ1v) is 8.73. The molecule has 6 heteroatoms. The van der Waals surface area contributed by atoms with E-state index in [-0.39, 0.29) is 17.8 Å². The molecule has 6 nitrogen and oxygen atoms in total. The van der Waals surface area contributed by atoms with Gasteiger partial charge in [-0.25, -0.2) is 9.78 Å². The summed E-state index contributed by atoms with van der Waals surface area (Å²) in [5.41, 5.74) is -0.594. The third-order valence-corrected chi connectivity index (χ3v) is 6.38. The van der Waals surface area contributed by atoms with E-state index < -0.39 is 24.0 Å². The maximum Gasteiger partial charge on any atom is 0.304 e. The summed E-state index contributed by atoms with van der Waals surface area (Å²) in [6, 6.07) is 0. The van der Waals surface area contributed by atoms with Gasteiger partial charge in [0.15, 0.2) is 11.9 Å². The van der Waals surface area contributed by atoms with Gasteiger partial charge in [0, 0.05) is 25.2 Å². The highest BCUT2D eigenvalue weighted by Gasteiger charge is 2.69. The van der Waals surface area contributed by atoms with Crippen LogP contribution in [0.25, 0.3) is 0 Å². The molecule has 0 aromatic rings. The Morgan fingerprint density at radius 2 is 1.91 bits per heavy atom. The van der Waals surface area contributed by atoms with Crippen molar-refractivity contribution in [3.63, 3.8) is 0 Å². The summed E-state index contributed by atoms with van der Waals surface area (Å²) < 4.78 is 17.7. The van der Waals surface area contributed by atoms with Gasteiger partial charge in [-0.2, -0.15) is 0 Å². The second-order valence-electron chi connectivity index (χ2n) is 7.88. The van der Waals surface area contributed by atoms with Gasteiger partial charge < -0.3 is 14.2 Å². The average molecular weight is 326 g/mol. The lowest BCUT2D eigenvalue weighted by Gasteiger charge is -2.59. The fraction of sp³-hybridized carbons (Fsp3) is 0.941. The minimum Gasteiger partial charge on any atom is -0.436 e. The van der Waals surface area contributed by atoms with E-state index in [4.69, 9.17) is 24.0 Å². The first-order valence-electron chi connectivity index (χ1n) is 8.73. The maximum atomic E-state index is 11.4. The van der Waals surface area contributed by atoms with E-state index in [0.717, 1.165) is 25.7 Å². The van der Waals surface area contributed by atoms with E-state index >= 15 is 0 Å². The number of esters is 1. The van der Waals surface area contributed by atoms with Crippen molar-refractivity contribution < 1.29 is 28.8 Å². The lowest BCUT2D eigenvalue weighted by atomic mass is 9.58. The Morgan fingerprint density at radius 3 is 2.65 bits per heavy atom. The molecule has 5 fully saturated rings. The van der Waals surface area contributed by atoms with Crippen molar-refractivity contribution in [2.24, 2.45) is 23.7 Å². The van der Waals surface area contributed by atoms with Crippen LogP contribution in [-0.2, 0) is 28.8 Å². The highest BCUT2D eigenvalue weighted by Crippen LogP contribution is 2.60. The predicted octanol–water partition coefficient (Wildman–Crippen LogP) is 2.76. The monoisotopic (exact) mass is 326 g/mol. The molecule has 8 atom stereocenters. The molecule has 23 heavy (non-hydrogen) atoms. The second kappa shape index (κ2) is 5.15. The number of ether oxygens (including phenoxy) is 3. The number of carbonyl (C=O) groups is 1. The van der Waals surface area contributed by atoms with Gasteiger partial charge in [0.05, 0.1) is 0 Å². The van der Waals surface area contributed by atoms with Gasteiger partial charge in [-0.15, -0.1) is 0 Å². The van der Waals surface area contributed by atoms with Crippen molar-refractivity contribution in [2.75, 3.05) is 0 Å². The molecule has 0 radical (unpaired) electrons. The first-order chi connectivity index (χ1) is 10.9. The molecule has 4 saturated heterocycles. The molecule has 1 saturated carbocycles. The Labute approximate surface area is 136 Å². The summed E-state index contributed by atoms with van der Waals surface area (Å²) in [4.78, 5) is 23.2. The Morgan fingerprint density at radius 1 is 1.13 bits per heavy atom. The number of rotatable bonds is 1. The van der Waals surface area contributed by atoms with Gasteiger partial charge in [-0.05, 0) is 38.0 Å². The van der Waals surface area contributed by atoms with Crippen LogP contribution in [0.4, 0.5) is 0 Å². The summed E-state index contributed by atoms with van der Waals surface area (Å²) in [5, 5.41) is 0. The first kappa shape index (κ1) is 15.8. The quantitative estimate of drug-likeness (QED) is 0.545. The number of carbonyl (C=O) groups excluding carboxylic acids is 1. The average Bonchev–Trinajstić information content (AvgIpc) is 2.70. The molecule has 0 N–H and O–H groups in total. The van der Waals surface area contributed by atoms with Crippen LogP contribution in [0, 0.1) is 23.7 Å². The van der Waals surface area contributed by atoms with E-state index in [1.807, 2.05) is 6.92 Å². The Kier molecular flexibility index (Phi) is 3.54. The molecule has 1 aliphatic carbocycles. The van der Waals surface area contributed by atoms with Gasteiger partial charge in [0.1, 0.15) is 0 Å². The van der Waals surface area contributed by atoms with Crippen molar-refractivity contribution in [3.05, 3.63) is 0 Å². The summed E-state index contributed by atoms with van der Waals surface area (Å²) in [6.45, 7) is 7.64. The minimum atomic E-state index is -0.793. The number of hydrogen-bond donors (Lipinski definition) is 0. The van der Waals surface area contributed by atoms with Crippen molar-refractivity contribution in [2.45, 2.75) is 77.3 Å². The molecule has 2 bridgehead atoms. The standard InChI is InChI=1S/C17H26O6/c1-9-5-6-13-10(2)14(19-11(3)18)20-15-17(13)12(9)7-8-16(4,21-15)22-23-17/h9-10,12-15H,5-8H2,1-4H3/t9-,10-,12+,13?,14?,15-,16?,17-/m1/s1.